The molecule has 4 N–H and O–H groups in total. The number of nitrogens with zero attached hydrogens (tertiary/aromatic N) is 1. The predicted molar refractivity (Wildman–Crippen MR) is 76.8 cm³/mol. The van der Waals surface area contributed by atoms with Gasteiger partial charge in [0.1, 0.15) is 0 Å². The summed E-state index contributed by atoms with van der Waals surface area (Å²) in [5.41, 5.74) is 7.24. The quantitative estimate of drug-likeness (QED) is 0.616. The molecule has 7 heteroatoms. The van der Waals surface area contributed by atoms with E-state index >= 15 is 0 Å². The molecule has 112 valence electrons. The molecule has 0 aliphatic carbocycles. The monoisotopic (exact) mass is 300 g/mol. The summed E-state index contributed by atoms with van der Waals surface area (Å²) in [4.78, 5) is 1.81. The van der Waals surface area contributed by atoms with Gasteiger partial charge in [0.2, 0.25) is 0 Å². The maximum absolute atomic E-state index is 11.6. The number of hydrogen-bond donors (Lipinski definition) is 3. The van der Waals surface area contributed by atoms with Crippen molar-refractivity contribution < 1.29 is 18.6 Å². The summed E-state index contributed by atoms with van der Waals surface area (Å²) < 4.78 is 23.2. The van der Waals surface area contributed by atoms with E-state index in [4.69, 9.17) is 10.8 Å². The van der Waals surface area contributed by atoms with Crippen LogP contribution < -0.4 is 5.73 Å². The average molecular weight is 300 g/mol. The molecule has 1 heterocycles. The van der Waals surface area contributed by atoms with Crippen molar-refractivity contribution in [3.63, 3.8) is 0 Å². The number of hydrogen-bond acceptors (Lipinski definition) is 6. The Bertz CT molecular complexity index is 544. The maximum Gasteiger partial charge on any atom is 0.154 e. The van der Waals surface area contributed by atoms with E-state index < -0.39 is 22.0 Å². The number of sulfone groups is 1. The second-order valence-electron chi connectivity index (χ2n) is 5.15. The van der Waals surface area contributed by atoms with Gasteiger partial charge in [-0.05, 0) is 17.7 Å². The topological polar surface area (TPSA) is 104 Å². The fourth-order valence-electron chi connectivity index (χ4n) is 2.51. The van der Waals surface area contributed by atoms with Crippen molar-refractivity contribution in [3.05, 3.63) is 29.8 Å². The van der Waals surface area contributed by atoms with Crippen LogP contribution in [-0.4, -0.2) is 60.3 Å². The van der Waals surface area contributed by atoms with Crippen LogP contribution in [0.4, 0.5) is 5.69 Å². The molecule has 1 aromatic carbocycles. The van der Waals surface area contributed by atoms with Gasteiger partial charge in [-0.3, -0.25) is 4.90 Å². The molecule has 0 spiro atoms. The molecular formula is C13H20N2O4S. The Kier molecular flexibility index (Phi) is 4.64. The predicted octanol–water partition coefficient (Wildman–Crippen LogP) is -0.779. The molecule has 0 amide bonds. The molecule has 0 bridgehead atoms. The van der Waals surface area contributed by atoms with Crippen LogP contribution in [0.3, 0.4) is 0 Å². The van der Waals surface area contributed by atoms with Crippen molar-refractivity contribution in [1.29, 1.82) is 0 Å². The number of nitrogens with two attached hydrogens (primary N) is 1. The van der Waals surface area contributed by atoms with Crippen LogP contribution in [0.15, 0.2) is 24.3 Å². The first-order valence-corrected chi connectivity index (χ1v) is 8.31. The Labute approximate surface area is 118 Å². The number of aliphatic hydroxyl groups is 2. The summed E-state index contributed by atoms with van der Waals surface area (Å²) in [7, 11) is -3.20. The highest BCUT2D eigenvalue weighted by atomic mass is 32.2. The van der Waals surface area contributed by atoms with Gasteiger partial charge in [-0.2, -0.15) is 0 Å². The van der Waals surface area contributed by atoms with E-state index in [9.17, 15) is 13.5 Å². The molecule has 1 saturated heterocycles. The molecule has 2 rings (SSSR count). The van der Waals surface area contributed by atoms with Crippen molar-refractivity contribution in [2.45, 2.75) is 18.7 Å². The number of rotatable bonds is 5. The van der Waals surface area contributed by atoms with E-state index in [1.54, 1.807) is 17.0 Å². The fraction of sp³-hybridized carbons (Fsp3) is 0.538. The summed E-state index contributed by atoms with van der Waals surface area (Å²) in [6.45, 7) is 0.706. The fourth-order valence-corrected chi connectivity index (χ4v) is 4.34. The van der Waals surface area contributed by atoms with E-state index in [0.717, 1.165) is 5.56 Å². The maximum atomic E-state index is 11.6. The van der Waals surface area contributed by atoms with Crippen LogP contribution in [0.1, 0.15) is 5.56 Å². The first kappa shape index (κ1) is 15.2. The normalized spacial score (nSPS) is 25.1. The van der Waals surface area contributed by atoms with Crippen LogP contribution >= 0.6 is 0 Å². The zero-order chi connectivity index (χ0) is 14.8. The molecule has 1 fully saturated rings. The Morgan fingerprint density at radius 2 is 1.90 bits per heavy atom. The Morgan fingerprint density at radius 1 is 1.25 bits per heavy atom. The van der Waals surface area contributed by atoms with E-state index in [0.29, 0.717) is 18.8 Å². The minimum atomic E-state index is -3.20. The Balaban J connectivity index is 2.13. The summed E-state index contributed by atoms with van der Waals surface area (Å²) in [5.74, 6) is -0.273. The molecule has 6 nitrogen and oxygen atoms in total. The van der Waals surface area contributed by atoms with Crippen LogP contribution in [-0.2, 0) is 16.4 Å². The van der Waals surface area contributed by atoms with Gasteiger partial charge in [0.15, 0.2) is 9.84 Å². The van der Waals surface area contributed by atoms with Crippen LogP contribution in [0.5, 0.6) is 0 Å². The first-order valence-electron chi connectivity index (χ1n) is 6.49. The van der Waals surface area contributed by atoms with Crippen LogP contribution in [0, 0.1) is 0 Å². The second-order valence-corrected chi connectivity index (χ2v) is 7.30. The molecule has 0 radical (unpaired) electrons. The van der Waals surface area contributed by atoms with Crippen molar-refractivity contribution in [2.24, 2.45) is 0 Å². The van der Waals surface area contributed by atoms with Gasteiger partial charge in [0, 0.05) is 18.8 Å². The number of benzene rings is 1. The van der Waals surface area contributed by atoms with E-state index in [-0.39, 0.29) is 18.1 Å². The van der Waals surface area contributed by atoms with Crippen molar-refractivity contribution >= 4 is 15.5 Å². The number of aliphatic hydroxyl groups excluding tert-OH is 2. The molecule has 20 heavy (non-hydrogen) atoms. The minimum absolute atomic E-state index is 0.0663. The van der Waals surface area contributed by atoms with E-state index in [1.807, 2.05) is 12.1 Å². The van der Waals surface area contributed by atoms with E-state index in [1.165, 1.54) is 0 Å². The zero-order valence-corrected chi connectivity index (χ0v) is 12.0. The van der Waals surface area contributed by atoms with Gasteiger partial charge in [-0.1, -0.05) is 12.1 Å². The van der Waals surface area contributed by atoms with Crippen LogP contribution in [0.2, 0.25) is 0 Å². The lowest BCUT2D eigenvalue weighted by Crippen LogP contribution is -2.44. The molecule has 1 aromatic rings. The van der Waals surface area contributed by atoms with Gasteiger partial charge in [-0.15, -0.1) is 0 Å². The third-order valence-electron chi connectivity index (χ3n) is 3.52. The summed E-state index contributed by atoms with van der Waals surface area (Å²) in [5, 5.41) is 19.1. The Hall–Kier alpha value is -1.15. The molecule has 1 aliphatic rings. The molecule has 2 atom stereocenters. The number of nitrogen functional groups attached to an aromatic ring is 1. The summed E-state index contributed by atoms with van der Waals surface area (Å²) >= 11 is 0. The van der Waals surface area contributed by atoms with Crippen molar-refractivity contribution in [1.82, 2.24) is 4.90 Å². The number of anilines is 1. The lowest BCUT2D eigenvalue weighted by atomic mass is 10.1. The van der Waals surface area contributed by atoms with Crippen LogP contribution in [0.25, 0.3) is 0 Å². The first-order chi connectivity index (χ1) is 9.41. The third-order valence-corrected chi connectivity index (χ3v) is 5.21. The van der Waals surface area contributed by atoms with Gasteiger partial charge in [0.25, 0.3) is 0 Å². The van der Waals surface area contributed by atoms with Gasteiger partial charge < -0.3 is 15.9 Å². The molecule has 1 aliphatic heterocycles. The summed E-state index contributed by atoms with van der Waals surface area (Å²) in [6.07, 6.45) is -0.902. The highest BCUT2D eigenvalue weighted by molar-refractivity contribution is 7.91. The van der Waals surface area contributed by atoms with Gasteiger partial charge in [0.05, 0.1) is 30.3 Å². The van der Waals surface area contributed by atoms with Crippen molar-refractivity contribution in [2.75, 3.05) is 30.4 Å². The smallest absolute Gasteiger partial charge is 0.154 e. The lowest BCUT2D eigenvalue weighted by molar-refractivity contribution is 0.0655. The summed E-state index contributed by atoms with van der Waals surface area (Å²) in [6, 6.07) is 6.79. The molecule has 0 saturated carbocycles. The third kappa shape index (κ3) is 3.69. The van der Waals surface area contributed by atoms with Gasteiger partial charge >= 0.3 is 0 Å². The highest BCUT2D eigenvalue weighted by Gasteiger charge is 2.39. The largest absolute Gasteiger partial charge is 0.399 e. The van der Waals surface area contributed by atoms with E-state index in [2.05, 4.69) is 0 Å². The van der Waals surface area contributed by atoms with Crippen molar-refractivity contribution in [3.8, 4) is 0 Å². The SMILES string of the molecule is Nc1ccc(CN(CCO)[C@H]2CS(=O)(=O)C[C@H]2O)cc1. The zero-order valence-electron chi connectivity index (χ0n) is 11.1. The highest BCUT2D eigenvalue weighted by Crippen LogP contribution is 2.20. The molecule has 0 aromatic heterocycles. The Morgan fingerprint density at radius 3 is 2.40 bits per heavy atom. The lowest BCUT2D eigenvalue weighted by Gasteiger charge is -2.29. The van der Waals surface area contributed by atoms with Gasteiger partial charge in [-0.25, -0.2) is 8.42 Å². The second kappa shape index (κ2) is 6.09. The minimum Gasteiger partial charge on any atom is -0.399 e. The molecular weight excluding hydrogens is 280 g/mol. The standard InChI is InChI=1S/C13H20N2O4S/c14-11-3-1-10(2-4-11)7-15(5-6-16)12-8-20(18,19)9-13(12)17/h1-4,12-13,16-17H,5-9,14H2/t12-,13+/m0/s1. The molecule has 0 unspecified atom stereocenters. The average Bonchev–Trinajstić information content (AvgIpc) is 2.65.